The summed E-state index contributed by atoms with van der Waals surface area (Å²) < 4.78 is 13.6. The summed E-state index contributed by atoms with van der Waals surface area (Å²) in [4.78, 5) is 13.9. The van der Waals surface area contributed by atoms with Crippen LogP contribution < -0.4 is 5.73 Å². The van der Waals surface area contributed by atoms with Crippen molar-refractivity contribution in [1.29, 1.82) is 0 Å². The molecular formula is C13H16BrFN2O. The summed E-state index contributed by atoms with van der Waals surface area (Å²) in [7, 11) is 0. The molecule has 3 nitrogen and oxygen atoms in total. The average Bonchev–Trinajstić information content (AvgIpc) is 2.29. The van der Waals surface area contributed by atoms with Gasteiger partial charge in [0.15, 0.2) is 0 Å². The molecule has 0 radical (unpaired) electrons. The van der Waals surface area contributed by atoms with Crippen LogP contribution in [0.4, 0.5) is 10.1 Å². The minimum absolute atomic E-state index is 0.0343. The summed E-state index contributed by atoms with van der Waals surface area (Å²) in [5, 5.41) is 0. The van der Waals surface area contributed by atoms with Gasteiger partial charge in [-0.1, -0.05) is 12.2 Å². The van der Waals surface area contributed by atoms with E-state index in [0.29, 0.717) is 23.1 Å². The van der Waals surface area contributed by atoms with Crippen molar-refractivity contribution < 1.29 is 9.18 Å². The van der Waals surface area contributed by atoms with E-state index in [9.17, 15) is 9.18 Å². The normalized spacial score (nSPS) is 10.2. The standard InChI is InChI=1S/C13H16BrFN2O/c1-4-17(7-8(2)3)13(18)9-5-12(16)11(15)6-10(9)14/h5-6H,2,4,7,16H2,1,3H3. The largest absolute Gasteiger partial charge is 0.396 e. The lowest BCUT2D eigenvalue weighted by molar-refractivity contribution is 0.0777. The molecule has 1 aromatic rings. The number of hydrogen-bond donors (Lipinski definition) is 1. The van der Waals surface area contributed by atoms with Crippen LogP contribution in [-0.4, -0.2) is 23.9 Å². The second-order valence-electron chi connectivity index (χ2n) is 4.13. The molecule has 0 heterocycles. The Kier molecular flexibility index (Phi) is 4.90. The second-order valence-corrected chi connectivity index (χ2v) is 4.98. The topological polar surface area (TPSA) is 46.3 Å². The Morgan fingerprint density at radius 2 is 2.17 bits per heavy atom. The molecule has 0 aliphatic rings. The minimum Gasteiger partial charge on any atom is -0.396 e. The molecule has 1 rings (SSSR count). The number of rotatable bonds is 4. The van der Waals surface area contributed by atoms with Crippen LogP contribution in [0.15, 0.2) is 28.8 Å². The predicted molar refractivity (Wildman–Crippen MR) is 74.9 cm³/mol. The highest BCUT2D eigenvalue weighted by Gasteiger charge is 2.18. The first kappa shape index (κ1) is 14.7. The van der Waals surface area contributed by atoms with E-state index in [1.807, 2.05) is 13.8 Å². The van der Waals surface area contributed by atoms with E-state index in [4.69, 9.17) is 5.73 Å². The van der Waals surface area contributed by atoms with Crippen molar-refractivity contribution in [3.05, 3.63) is 40.1 Å². The van der Waals surface area contributed by atoms with E-state index < -0.39 is 5.82 Å². The lowest BCUT2D eigenvalue weighted by Gasteiger charge is -2.21. The van der Waals surface area contributed by atoms with Gasteiger partial charge in [0.05, 0.1) is 11.3 Å². The van der Waals surface area contributed by atoms with Gasteiger partial charge in [-0.2, -0.15) is 0 Å². The third kappa shape index (κ3) is 3.32. The molecule has 1 amide bonds. The number of carbonyl (C=O) groups is 1. The Bertz CT molecular complexity index is 488. The maximum absolute atomic E-state index is 13.2. The van der Waals surface area contributed by atoms with Gasteiger partial charge >= 0.3 is 0 Å². The smallest absolute Gasteiger partial charge is 0.255 e. The number of amides is 1. The lowest BCUT2D eigenvalue weighted by atomic mass is 10.1. The Hall–Kier alpha value is -1.36. The van der Waals surface area contributed by atoms with Gasteiger partial charge < -0.3 is 10.6 Å². The van der Waals surface area contributed by atoms with E-state index >= 15 is 0 Å². The van der Waals surface area contributed by atoms with Gasteiger partial charge in [-0.3, -0.25) is 4.79 Å². The number of nitrogens with two attached hydrogens (primary N) is 1. The number of likely N-dealkylation sites (N-methyl/N-ethyl adjacent to an activating group) is 1. The molecular weight excluding hydrogens is 299 g/mol. The highest BCUT2D eigenvalue weighted by Crippen LogP contribution is 2.24. The monoisotopic (exact) mass is 314 g/mol. The van der Waals surface area contributed by atoms with Crippen LogP contribution in [-0.2, 0) is 0 Å². The van der Waals surface area contributed by atoms with Crippen LogP contribution in [0, 0.1) is 5.82 Å². The van der Waals surface area contributed by atoms with Crippen molar-refractivity contribution in [3.63, 3.8) is 0 Å². The van der Waals surface area contributed by atoms with Crippen molar-refractivity contribution in [3.8, 4) is 0 Å². The van der Waals surface area contributed by atoms with Crippen LogP contribution in [0.3, 0.4) is 0 Å². The van der Waals surface area contributed by atoms with Gasteiger partial charge in [0.1, 0.15) is 5.82 Å². The molecule has 0 aliphatic heterocycles. The zero-order valence-corrected chi connectivity index (χ0v) is 12.1. The van der Waals surface area contributed by atoms with Gasteiger partial charge in [0, 0.05) is 17.6 Å². The van der Waals surface area contributed by atoms with Crippen molar-refractivity contribution in [2.45, 2.75) is 13.8 Å². The highest BCUT2D eigenvalue weighted by atomic mass is 79.9. The summed E-state index contributed by atoms with van der Waals surface area (Å²) in [6, 6.07) is 2.56. The number of hydrogen-bond acceptors (Lipinski definition) is 2. The number of carbonyl (C=O) groups excluding carboxylic acids is 1. The molecule has 0 saturated carbocycles. The maximum Gasteiger partial charge on any atom is 0.255 e. The first-order chi connectivity index (χ1) is 8.36. The molecule has 0 unspecified atom stereocenters. The molecule has 98 valence electrons. The SMILES string of the molecule is C=C(C)CN(CC)C(=O)c1cc(N)c(F)cc1Br. The third-order valence-electron chi connectivity index (χ3n) is 2.45. The zero-order valence-electron chi connectivity index (χ0n) is 10.5. The molecule has 2 N–H and O–H groups in total. The number of benzene rings is 1. The molecule has 5 heteroatoms. The predicted octanol–water partition coefficient (Wildman–Crippen LogP) is 3.21. The Morgan fingerprint density at radius 1 is 1.56 bits per heavy atom. The van der Waals surface area contributed by atoms with Crippen molar-refractivity contribution >= 4 is 27.5 Å². The molecule has 0 aliphatic carbocycles. The highest BCUT2D eigenvalue weighted by molar-refractivity contribution is 9.10. The van der Waals surface area contributed by atoms with E-state index in [1.54, 1.807) is 4.90 Å². The summed E-state index contributed by atoms with van der Waals surface area (Å²) in [6.07, 6.45) is 0. The minimum atomic E-state index is -0.540. The number of nitrogens with zero attached hydrogens (tertiary/aromatic N) is 1. The fourth-order valence-corrected chi connectivity index (χ4v) is 2.04. The second kappa shape index (κ2) is 6.00. The summed E-state index contributed by atoms with van der Waals surface area (Å²) in [5.41, 5.74) is 6.70. The molecule has 0 aromatic heterocycles. The first-order valence-electron chi connectivity index (χ1n) is 5.55. The van der Waals surface area contributed by atoms with Crippen molar-refractivity contribution in [2.24, 2.45) is 0 Å². The molecule has 1 aromatic carbocycles. The molecule has 0 saturated heterocycles. The summed E-state index contributed by atoms with van der Waals surface area (Å²) in [5.74, 6) is -0.736. The van der Waals surface area contributed by atoms with Crippen LogP contribution >= 0.6 is 15.9 Å². The Labute approximate surface area is 115 Å². The van der Waals surface area contributed by atoms with E-state index in [0.717, 1.165) is 5.57 Å². The Morgan fingerprint density at radius 3 is 2.67 bits per heavy atom. The van der Waals surface area contributed by atoms with Gasteiger partial charge in [-0.05, 0) is 41.9 Å². The average molecular weight is 315 g/mol. The van der Waals surface area contributed by atoms with Crippen molar-refractivity contribution in [2.75, 3.05) is 18.8 Å². The molecule has 0 atom stereocenters. The summed E-state index contributed by atoms with van der Waals surface area (Å²) >= 11 is 3.18. The van der Waals surface area contributed by atoms with Crippen LogP contribution in [0.25, 0.3) is 0 Å². The number of halogens is 2. The van der Waals surface area contributed by atoms with Crippen LogP contribution in [0.1, 0.15) is 24.2 Å². The zero-order chi connectivity index (χ0) is 13.9. The van der Waals surface area contributed by atoms with E-state index in [2.05, 4.69) is 22.5 Å². The molecule has 18 heavy (non-hydrogen) atoms. The molecule has 0 fully saturated rings. The first-order valence-corrected chi connectivity index (χ1v) is 6.34. The fourth-order valence-electron chi connectivity index (χ4n) is 1.55. The van der Waals surface area contributed by atoms with Crippen molar-refractivity contribution in [1.82, 2.24) is 4.90 Å². The summed E-state index contributed by atoms with van der Waals surface area (Å²) in [6.45, 7) is 8.53. The third-order valence-corrected chi connectivity index (χ3v) is 3.10. The van der Waals surface area contributed by atoms with Crippen LogP contribution in [0.5, 0.6) is 0 Å². The molecule has 0 bridgehead atoms. The van der Waals surface area contributed by atoms with Crippen LogP contribution in [0.2, 0.25) is 0 Å². The quantitative estimate of drug-likeness (QED) is 0.685. The fraction of sp³-hybridized carbons (Fsp3) is 0.308. The number of nitrogen functional groups attached to an aromatic ring is 1. The molecule has 0 spiro atoms. The van der Waals surface area contributed by atoms with Gasteiger partial charge in [0.2, 0.25) is 0 Å². The Balaban J connectivity index is 3.09. The van der Waals surface area contributed by atoms with E-state index in [1.165, 1.54) is 12.1 Å². The van der Waals surface area contributed by atoms with E-state index in [-0.39, 0.29) is 11.6 Å². The lowest BCUT2D eigenvalue weighted by Crippen LogP contribution is -2.32. The van der Waals surface area contributed by atoms with Gasteiger partial charge in [-0.15, -0.1) is 0 Å². The number of anilines is 1. The van der Waals surface area contributed by atoms with Gasteiger partial charge in [0.25, 0.3) is 5.91 Å². The van der Waals surface area contributed by atoms with Gasteiger partial charge in [-0.25, -0.2) is 4.39 Å². The maximum atomic E-state index is 13.2.